The lowest BCUT2D eigenvalue weighted by Gasteiger charge is -2.37. The minimum absolute atomic E-state index is 0.613. The third-order valence-corrected chi connectivity index (χ3v) is 4.73. The first-order valence-corrected chi connectivity index (χ1v) is 5.48. The molecule has 0 spiro atoms. The fraction of sp³-hybridized carbons (Fsp3) is 0.500. The molecule has 0 atom stereocenters. The minimum Gasteiger partial charge on any atom is -0.382 e. The fourth-order valence-corrected chi connectivity index (χ4v) is 3.22. The summed E-state index contributed by atoms with van der Waals surface area (Å²) in [6.45, 7) is 3.39. The average molecular weight is 248 g/mol. The lowest BCUT2D eigenvalue weighted by Crippen LogP contribution is -2.56. The van der Waals surface area contributed by atoms with Gasteiger partial charge in [0.1, 0.15) is 5.60 Å². The van der Waals surface area contributed by atoms with E-state index in [0.29, 0.717) is 13.1 Å². The molecule has 1 aromatic heterocycles. The summed E-state index contributed by atoms with van der Waals surface area (Å²) in [6.07, 6.45) is 0. The SMILES string of the molecule is Cc1csc(C2(O)CNC2)c1Br. The maximum absolute atomic E-state index is 9.99. The monoisotopic (exact) mass is 247 g/mol. The van der Waals surface area contributed by atoms with Crippen LogP contribution in [0.4, 0.5) is 0 Å². The number of halogens is 1. The first-order valence-electron chi connectivity index (χ1n) is 3.81. The highest BCUT2D eigenvalue weighted by Crippen LogP contribution is 2.38. The second-order valence-electron chi connectivity index (χ2n) is 3.20. The summed E-state index contributed by atoms with van der Waals surface area (Å²) < 4.78 is 1.07. The Morgan fingerprint density at radius 3 is 2.67 bits per heavy atom. The highest BCUT2D eigenvalue weighted by molar-refractivity contribution is 9.10. The summed E-state index contributed by atoms with van der Waals surface area (Å²) in [4.78, 5) is 1.05. The Morgan fingerprint density at radius 1 is 1.67 bits per heavy atom. The Kier molecular flexibility index (Phi) is 2.03. The topological polar surface area (TPSA) is 32.3 Å². The largest absolute Gasteiger partial charge is 0.382 e. The van der Waals surface area contributed by atoms with Crippen molar-refractivity contribution in [3.63, 3.8) is 0 Å². The van der Waals surface area contributed by atoms with Crippen molar-refractivity contribution in [3.05, 3.63) is 20.3 Å². The van der Waals surface area contributed by atoms with Gasteiger partial charge >= 0.3 is 0 Å². The number of rotatable bonds is 1. The van der Waals surface area contributed by atoms with Crippen LogP contribution in [0.2, 0.25) is 0 Å². The molecule has 0 aromatic carbocycles. The van der Waals surface area contributed by atoms with E-state index in [1.807, 2.05) is 6.92 Å². The van der Waals surface area contributed by atoms with Crippen LogP contribution in [-0.2, 0) is 5.60 Å². The van der Waals surface area contributed by atoms with Crippen LogP contribution in [0.1, 0.15) is 10.4 Å². The summed E-state index contributed by atoms with van der Waals surface area (Å²) in [6, 6.07) is 0. The summed E-state index contributed by atoms with van der Waals surface area (Å²) in [7, 11) is 0. The van der Waals surface area contributed by atoms with Gasteiger partial charge in [0.2, 0.25) is 0 Å². The van der Waals surface area contributed by atoms with Gasteiger partial charge in [-0.2, -0.15) is 0 Å². The standard InChI is InChI=1S/C8H10BrNOS/c1-5-2-12-7(6(5)9)8(11)3-10-4-8/h2,10-11H,3-4H2,1H3. The highest BCUT2D eigenvalue weighted by atomic mass is 79.9. The third-order valence-electron chi connectivity index (χ3n) is 2.16. The molecule has 2 rings (SSSR count). The number of aliphatic hydroxyl groups is 1. The molecule has 1 aliphatic heterocycles. The quantitative estimate of drug-likeness (QED) is 0.791. The van der Waals surface area contributed by atoms with E-state index >= 15 is 0 Å². The van der Waals surface area contributed by atoms with E-state index in [2.05, 4.69) is 26.6 Å². The predicted octanol–water partition coefficient (Wildman–Crippen LogP) is 1.61. The summed E-state index contributed by atoms with van der Waals surface area (Å²) in [5.41, 5.74) is 0.591. The van der Waals surface area contributed by atoms with Crippen molar-refractivity contribution in [3.8, 4) is 0 Å². The van der Waals surface area contributed by atoms with E-state index in [-0.39, 0.29) is 0 Å². The number of hydrogen-bond donors (Lipinski definition) is 2. The molecule has 2 N–H and O–H groups in total. The lowest BCUT2D eigenvalue weighted by atomic mass is 9.95. The molecule has 0 amide bonds. The van der Waals surface area contributed by atoms with Crippen molar-refractivity contribution >= 4 is 27.3 Å². The Hall–Kier alpha value is 0.100. The van der Waals surface area contributed by atoms with E-state index in [0.717, 1.165) is 9.35 Å². The zero-order chi connectivity index (χ0) is 8.77. The molecule has 0 saturated carbocycles. The second kappa shape index (κ2) is 2.80. The molecule has 0 bridgehead atoms. The first-order chi connectivity index (χ1) is 5.63. The number of hydrogen-bond acceptors (Lipinski definition) is 3. The zero-order valence-corrected chi connectivity index (χ0v) is 9.13. The molecule has 1 aromatic rings. The van der Waals surface area contributed by atoms with Crippen LogP contribution in [-0.4, -0.2) is 18.2 Å². The Labute approximate surface area is 83.7 Å². The zero-order valence-electron chi connectivity index (χ0n) is 6.72. The Bertz CT molecular complexity index is 306. The predicted molar refractivity (Wildman–Crippen MR) is 53.5 cm³/mol. The van der Waals surface area contributed by atoms with Crippen LogP contribution < -0.4 is 5.32 Å². The van der Waals surface area contributed by atoms with Gasteiger partial charge in [0.25, 0.3) is 0 Å². The van der Waals surface area contributed by atoms with Crippen molar-refractivity contribution in [2.24, 2.45) is 0 Å². The van der Waals surface area contributed by atoms with Crippen LogP contribution in [0.5, 0.6) is 0 Å². The van der Waals surface area contributed by atoms with Crippen LogP contribution in [0.15, 0.2) is 9.85 Å². The van der Waals surface area contributed by atoms with Crippen molar-refractivity contribution in [1.82, 2.24) is 5.32 Å². The molecule has 12 heavy (non-hydrogen) atoms. The molecule has 0 unspecified atom stereocenters. The van der Waals surface area contributed by atoms with Gasteiger partial charge in [-0.3, -0.25) is 0 Å². The number of β-amino-alcohol motifs (C(OH)–C–C–N with tert-alkyl or cyclic N) is 1. The normalized spacial score (nSPS) is 20.6. The number of thiophene rings is 1. The van der Waals surface area contributed by atoms with Gasteiger partial charge in [0, 0.05) is 17.6 Å². The van der Waals surface area contributed by atoms with E-state index in [1.54, 1.807) is 11.3 Å². The van der Waals surface area contributed by atoms with Crippen molar-refractivity contribution in [1.29, 1.82) is 0 Å². The Balaban J connectivity index is 2.39. The molecule has 0 aliphatic carbocycles. The van der Waals surface area contributed by atoms with Gasteiger partial charge in [-0.15, -0.1) is 11.3 Å². The van der Waals surface area contributed by atoms with Crippen LogP contribution in [0.25, 0.3) is 0 Å². The minimum atomic E-state index is -0.613. The summed E-state index contributed by atoms with van der Waals surface area (Å²) in [5, 5.41) is 15.1. The molecule has 4 heteroatoms. The number of aryl methyl sites for hydroxylation is 1. The molecule has 0 radical (unpaired) electrons. The van der Waals surface area contributed by atoms with Crippen molar-refractivity contribution in [2.75, 3.05) is 13.1 Å². The van der Waals surface area contributed by atoms with Gasteiger partial charge in [-0.25, -0.2) is 0 Å². The van der Waals surface area contributed by atoms with E-state index < -0.39 is 5.60 Å². The van der Waals surface area contributed by atoms with Gasteiger partial charge in [-0.05, 0) is 33.8 Å². The van der Waals surface area contributed by atoms with Crippen molar-refractivity contribution < 1.29 is 5.11 Å². The lowest BCUT2D eigenvalue weighted by molar-refractivity contribution is -0.0118. The van der Waals surface area contributed by atoms with Crippen LogP contribution in [0.3, 0.4) is 0 Å². The first kappa shape index (κ1) is 8.69. The van der Waals surface area contributed by atoms with E-state index in [9.17, 15) is 5.11 Å². The number of nitrogens with one attached hydrogen (secondary N) is 1. The molecule has 2 nitrogen and oxygen atoms in total. The average Bonchev–Trinajstić information content (AvgIpc) is 2.29. The van der Waals surface area contributed by atoms with Crippen molar-refractivity contribution in [2.45, 2.75) is 12.5 Å². The van der Waals surface area contributed by atoms with E-state index in [4.69, 9.17) is 0 Å². The van der Waals surface area contributed by atoms with Crippen LogP contribution in [0, 0.1) is 6.92 Å². The Morgan fingerprint density at radius 2 is 2.33 bits per heavy atom. The molecule has 1 saturated heterocycles. The van der Waals surface area contributed by atoms with Gasteiger partial charge in [0.15, 0.2) is 0 Å². The molecule has 1 fully saturated rings. The maximum atomic E-state index is 9.99. The maximum Gasteiger partial charge on any atom is 0.125 e. The van der Waals surface area contributed by atoms with Gasteiger partial charge < -0.3 is 10.4 Å². The molecule has 1 aliphatic rings. The summed E-state index contributed by atoms with van der Waals surface area (Å²) in [5.74, 6) is 0. The highest BCUT2D eigenvalue weighted by Gasteiger charge is 2.39. The third kappa shape index (κ3) is 1.14. The second-order valence-corrected chi connectivity index (χ2v) is 4.87. The van der Waals surface area contributed by atoms with Gasteiger partial charge in [-0.1, -0.05) is 0 Å². The fourth-order valence-electron chi connectivity index (χ4n) is 1.27. The van der Waals surface area contributed by atoms with Gasteiger partial charge in [0.05, 0.1) is 4.88 Å². The molecule has 2 heterocycles. The summed E-state index contributed by atoms with van der Waals surface area (Å²) >= 11 is 5.11. The van der Waals surface area contributed by atoms with Crippen LogP contribution >= 0.6 is 27.3 Å². The molecular weight excluding hydrogens is 238 g/mol. The smallest absolute Gasteiger partial charge is 0.125 e. The molecule has 66 valence electrons. The molecular formula is C8H10BrNOS. The van der Waals surface area contributed by atoms with E-state index in [1.165, 1.54) is 5.56 Å².